The largest absolute Gasteiger partial charge is 0.494 e. The SMILES string of the molecule is COc1ccccc1-n1nc(C2CCCCC2)c2c1NCC2. The van der Waals surface area contributed by atoms with Gasteiger partial charge in [0.05, 0.1) is 12.8 Å². The number of hydrogen-bond acceptors (Lipinski definition) is 3. The van der Waals surface area contributed by atoms with Gasteiger partial charge in [-0.3, -0.25) is 0 Å². The molecule has 1 aromatic carbocycles. The zero-order valence-electron chi connectivity index (χ0n) is 13.1. The van der Waals surface area contributed by atoms with Crippen LogP contribution in [0.4, 0.5) is 5.82 Å². The average molecular weight is 297 g/mol. The summed E-state index contributed by atoms with van der Waals surface area (Å²) in [7, 11) is 1.72. The lowest BCUT2D eigenvalue weighted by Gasteiger charge is -2.20. The molecule has 1 aromatic heterocycles. The molecule has 116 valence electrons. The van der Waals surface area contributed by atoms with Crippen LogP contribution in [0.5, 0.6) is 5.75 Å². The van der Waals surface area contributed by atoms with E-state index in [9.17, 15) is 0 Å². The number of nitrogens with one attached hydrogen (secondary N) is 1. The Morgan fingerprint density at radius 2 is 2.00 bits per heavy atom. The number of nitrogens with zero attached hydrogens (tertiary/aromatic N) is 2. The van der Waals surface area contributed by atoms with Crippen molar-refractivity contribution >= 4 is 5.82 Å². The van der Waals surface area contributed by atoms with Crippen LogP contribution in [0, 0.1) is 0 Å². The number of anilines is 1. The second-order valence-corrected chi connectivity index (χ2v) is 6.31. The van der Waals surface area contributed by atoms with Gasteiger partial charge in [-0.2, -0.15) is 5.10 Å². The lowest BCUT2D eigenvalue weighted by Crippen LogP contribution is -2.10. The summed E-state index contributed by atoms with van der Waals surface area (Å²) in [5, 5.41) is 8.53. The Balaban J connectivity index is 1.80. The van der Waals surface area contributed by atoms with Crippen molar-refractivity contribution in [3.05, 3.63) is 35.5 Å². The van der Waals surface area contributed by atoms with E-state index in [1.54, 1.807) is 7.11 Å². The Morgan fingerprint density at radius 1 is 1.18 bits per heavy atom. The van der Waals surface area contributed by atoms with Crippen molar-refractivity contribution in [2.75, 3.05) is 19.0 Å². The molecule has 0 radical (unpaired) electrons. The number of fused-ring (bicyclic) bond motifs is 1. The highest BCUT2D eigenvalue weighted by Crippen LogP contribution is 2.39. The molecule has 0 atom stereocenters. The van der Waals surface area contributed by atoms with Crippen LogP contribution in [0.15, 0.2) is 24.3 Å². The fourth-order valence-corrected chi connectivity index (χ4v) is 3.88. The fourth-order valence-electron chi connectivity index (χ4n) is 3.88. The predicted molar refractivity (Wildman–Crippen MR) is 88.1 cm³/mol. The minimum atomic E-state index is 0.637. The van der Waals surface area contributed by atoms with Crippen LogP contribution in [0.2, 0.25) is 0 Å². The Kier molecular flexibility index (Phi) is 3.53. The van der Waals surface area contributed by atoms with E-state index in [1.165, 1.54) is 49.2 Å². The first-order valence-electron chi connectivity index (χ1n) is 8.37. The molecule has 0 unspecified atom stereocenters. The minimum absolute atomic E-state index is 0.637. The molecule has 0 amide bonds. The highest BCUT2D eigenvalue weighted by molar-refractivity contribution is 5.60. The predicted octanol–water partition coefficient (Wildman–Crippen LogP) is 3.90. The Labute approximate surface area is 131 Å². The molecule has 1 saturated carbocycles. The molecule has 4 nitrogen and oxygen atoms in total. The number of ether oxygens (including phenoxy) is 1. The molecule has 0 spiro atoms. The monoisotopic (exact) mass is 297 g/mol. The first kappa shape index (κ1) is 13.7. The van der Waals surface area contributed by atoms with Gasteiger partial charge in [-0.1, -0.05) is 31.4 Å². The van der Waals surface area contributed by atoms with Crippen LogP contribution in [0.25, 0.3) is 5.69 Å². The highest BCUT2D eigenvalue weighted by atomic mass is 16.5. The standard InChI is InChI=1S/C18H23N3O/c1-22-16-10-6-5-9-15(16)21-18-14(11-12-19-18)17(20-21)13-7-3-2-4-8-13/h5-6,9-10,13,19H,2-4,7-8,11-12H2,1H3. The van der Waals surface area contributed by atoms with Gasteiger partial charge in [-0.15, -0.1) is 0 Å². The molecule has 2 aliphatic rings. The van der Waals surface area contributed by atoms with Gasteiger partial charge in [-0.25, -0.2) is 4.68 Å². The van der Waals surface area contributed by atoms with E-state index < -0.39 is 0 Å². The molecule has 2 heterocycles. The second-order valence-electron chi connectivity index (χ2n) is 6.31. The maximum absolute atomic E-state index is 5.53. The molecule has 22 heavy (non-hydrogen) atoms. The number of benzene rings is 1. The highest BCUT2D eigenvalue weighted by Gasteiger charge is 2.29. The van der Waals surface area contributed by atoms with Crippen LogP contribution in [0.1, 0.15) is 49.3 Å². The lowest BCUT2D eigenvalue weighted by molar-refractivity contribution is 0.410. The third-order valence-electron chi connectivity index (χ3n) is 4.99. The molecule has 1 aliphatic heterocycles. The molecule has 0 saturated heterocycles. The number of para-hydroxylation sites is 2. The molecule has 2 aromatic rings. The van der Waals surface area contributed by atoms with E-state index in [2.05, 4.69) is 16.1 Å². The summed E-state index contributed by atoms with van der Waals surface area (Å²) in [4.78, 5) is 0. The van der Waals surface area contributed by atoms with Gasteiger partial charge in [0.15, 0.2) is 0 Å². The topological polar surface area (TPSA) is 39.1 Å². The van der Waals surface area contributed by atoms with E-state index in [0.29, 0.717) is 5.92 Å². The van der Waals surface area contributed by atoms with Crippen LogP contribution in [-0.2, 0) is 6.42 Å². The fraction of sp³-hybridized carbons (Fsp3) is 0.500. The van der Waals surface area contributed by atoms with Gasteiger partial charge in [0.25, 0.3) is 0 Å². The molecular weight excluding hydrogens is 274 g/mol. The molecule has 4 rings (SSSR count). The van der Waals surface area contributed by atoms with Crippen molar-refractivity contribution in [1.82, 2.24) is 9.78 Å². The van der Waals surface area contributed by atoms with Gasteiger partial charge in [0.1, 0.15) is 17.3 Å². The normalized spacial score (nSPS) is 18.0. The Hall–Kier alpha value is -1.97. The number of rotatable bonds is 3. The number of hydrogen-bond donors (Lipinski definition) is 1. The summed E-state index contributed by atoms with van der Waals surface area (Å²) in [6.07, 6.45) is 7.73. The minimum Gasteiger partial charge on any atom is -0.494 e. The summed E-state index contributed by atoms with van der Waals surface area (Å²) < 4.78 is 7.59. The molecule has 0 bridgehead atoms. The van der Waals surface area contributed by atoms with Crippen molar-refractivity contribution in [2.24, 2.45) is 0 Å². The molecular formula is C18H23N3O. The first-order chi connectivity index (χ1) is 10.9. The van der Waals surface area contributed by atoms with Crippen LogP contribution >= 0.6 is 0 Å². The van der Waals surface area contributed by atoms with Crippen LogP contribution in [0.3, 0.4) is 0 Å². The van der Waals surface area contributed by atoms with Gasteiger partial charge in [0, 0.05) is 18.0 Å². The van der Waals surface area contributed by atoms with Gasteiger partial charge in [-0.05, 0) is 31.4 Å². The summed E-state index contributed by atoms with van der Waals surface area (Å²) in [6.45, 7) is 1.02. The van der Waals surface area contributed by atoms with Crippen LogP contribution < -0.4 is 10.1 Å². The quantitative estimate of drug-likeness (QED) is 0.934. The Bertz CT molecular complexity index is 671. The van der Waals surface area contributed by atoms with Crippen LogP contribution in [-0.4, -0.2) is 23.4 Å². The van der Waals surface area contributed by atoms with E-state index in [4.69, 9.17) is 9.84 Å². The van der Waals surface area contributed by atoms with Gasteiger partial charge in [0.2, 0.25) is 0 Å². The second kappa shape index (κ2) is 5.67. The summed E-state index contributed by atoms with van der Waals surface area (Å²) in [6, 6.07) is 8.12. The van der Waals surface area contributed by atoms with E-state index in [1.807, 2.05) is 18.2 Å². The van der Waals surface area contributed by atoms with Crippen molar-refractivity contribution in [3.63, 3.8) is 0 Å². The zero-order chi connectivity index (χ0) is 14.9. The van der Waals surface area contributed by atoms with Crippen molar-refractivity contribution in [2.45, 2.75) is 44.4 Å². The van der Waals surface area contributed by atoms with E-state index in [-0.39, 0.29) is 0 Å². The maximum atomic E-state index is 5.53. The molecule has 1 aliphatic carbocycles. The maximum Gasteiger partial charge on any atom is 0.144 e. The average Bonchev–Trinajstić information content (AvgIpc) is 3.18. The summed E-state index contributed by atoms with van der Waals surface area (Å²) >= 11 is 0. The molecule has 4 heteroatoms. The molecule has 1 fully saturated rings. The smallest absolute Gasteiger partial charge is 0.144 e. The first-order valence-corrected chi connectivity index (χ1v) is 8.37. The van der Waals surface area contributed by atoms with E-state index >= 15 is 0 Å². The number of aromatic nitrogens is 2. The zero-order valence-corrected chi connectivity index (χ0v) is 13.1. The van der Waals surface area contributed by atoms with Crippen molar-refractivity contribution < 1.29 is 4.74 Å². The van der Waals surface area contributed by atoms with Crippen molar-refractivity contribution in [1.29, 1.82) is 0 Å². The molecule has 1 N–H and O–H groups in total. The van der Waals surface area contributed by atoms with Crippen molar-refractivity contribution in [3.8, 4) is 11.4 Å². The lowest BCUT2D eigenvalue weighted by atomic mass is 9.85. The third kappa shape index (κ3) is 2.18. The summed E-state index contributed by atoms with van der Waals surface area (Å²) in [5.41, 5.74) is 3.78. The Morgan fingerprint density at radius 3 is 2.82 bits per heavy atom. The van der Waals surface area contributed by atoms with Gasteiger partial charge >= 0.3 is 0 Å². The van der Waals surface area contributed by atoms with Gasteiger partial charge < -0.3 is 10.1 Å². The third-order valence-corrected chi connectivity index (χ3v) is 4.99. The number of methoxy groups -OCH3 is 1. The summed E-state index contributed by atoms with van der Waals surface area (Å²) in [5.74, 6) is 2.68. The van der Waals surface area contributed by atoms with E-state index in [0.717, 1.165) is 24.4 Å².